The van der Waals surface area contributed by atoms with Gasteiger partial charge < -0.3 is 15.2 Å². The van der Waals surface area contributed by atoms with Crippen LogP contribution >= 0.6 is 23.4 Å². The summed E-state index contributed by atoms with van der Waals surface area (Å²) in [6, 6.07) is 18.1. The number of allylic oxidation sites excluding steroid dienone is 1. The first kappa shape index (κ1) is 25.8. The smallest absolute Gasteiger partial charge is 0.338 e. The molecule has 184 valence electrons. The van der Waals surface area contributed by atoms with Crippen LogP contribution in [0.2, 0.25) is 5.02 Å². The van der Waals surface area contributed by atoms with Gasteiger partial charge in [-0.05, 0) is 48.9 Å². The predicted octanol–water partition coefficient (Wildman–Crippen LogP) is 5.09. The highest BCUT2D eigenvalue weighted by molar-refractivity contribution is 7.99. The largest absolute Gasteiger partial charge is 0.463 e. The highest BCUT2D eigenvalue weighted by Gasteiger charge is 2.37. The first-order valence-electron chi connectivity index (χ1n) is 11.1. The molecule has 0 fully saturated rings. The lowest BCUT2D eigenvalue weighted by Crippen LogP contribution is -2.27. The van der Waals surface area contributed by atoms with Gasteiger partial charge >= 0.3 is 5.97 Å². The second kappa shape index (κ2) is 11.6. The summed E-state index contributed by atoms with van der Waals surface area (Å²) in [5.41, 5.74) is 8.82. The van der Waals surface area contributed by atoms with Crippen LogP contribution in [-0.4, -0.2) is 28.3 Å². The molecule has 10 heteroatoms. The molecule has 1 atom stereocenters. The highest BCUT2D eigenvalue weighted by Crippen LogP contribution is 2.41. The van der Waals surface area contributed by atoms with Crippen LogP contribution in [0.5, 0.6) is 0 Å². The van der Waals surface area contributed by atoms with Crippen LogP contribution in [0.4, 0.5) is 0 Å². The zero-order chi connectivity index (χ0) is 26.4. The maximum Gasteiger partial charge on any atom is 0.338 e. The van der Waals surface area contributed by atoms with Crippen molar-refractivity contribution in [3.8, 4) is 23.4 Å². The lowest BCUT2D eigenvalue weighted by Gasteiger charge is -2.28. The van der Waals surface area contributed by atoms with E-state index in [2.05, 4.69) is 22.1 Å². The van der Waals surface area contributed by atoms with E-state index in [9.17, 15) is 15.3 Å². The Kier molecular flexibility index (Phi) is 8.09. The highest BCUT2D eigenvalue weighted by atomic mass is 35.5. The molecule has 0 aliphatic carbocycles. The van der Waals surface area contributed by atoms with Crippen molar-refractivity contribution in [2.75, 3.05) is 12.4 Å². The van der Waals surface area contributed by atoms with Crippen molar-refractivity contribution in [1.82, 2.24) is 9.97 Å². The Morgan fingerprint density at radius 1 is 1.19 bits per heavy atom. The van der Waals surface area contributed by atoms with Crippen molar-refractivity contribution in [1.29, 1.82) is 10.5 Å². The molecule has 1 aliphatic heterocycles. The normalized spacial score (nSPS) is 15.0. The number of nitrogens with zero attached hydrogens (tertiary/aromatic N) is 4. The van der Waals surface area contributed by atoms with Gasteiger partial charge in [-0.15, -0.1) is 0 Å². The van der Waals surface area contributed by atoms with Crippen molar-refractivity contribution in [2.45, 2.75) is 17.9 Å². The molecule has 0 amide bonds. The molecule has 0 saturated carbocycles. The lowest BCUT2D eigenvalue weighted by atomic mass is 9.83. The average molecular weight is 530 g/mol. The van der Waals surface area contributed by atoms with Crippen LogP contribution in [0.1, 0.15) is 24.0 Å². The Morgan fingerprint density at radius 3 is 2.62 bits per heavy atom. The summed E-state index contributed by atoms with van der Waals surface area (Å²) < 4.78 is 11.1. The summed E-state index contributed by atoms with van der Waals surface area (Å²) in [6.07, 6.45) is 3.34. The number of esters is 1. The number of carbonyl (C=O) groups excluding carboxylic acids is 1. The number of rotatable bonds is 7. The molecule has 1 unspecified atom stereocenters. The van der Waals surface area contributed by atoms with Crippen LogP contribution < -0.4 is 5.73 Å². The average Bonchev–Trinajstić information content (AvgIpc) is 2.92. The first-order valence-corrected chi connectivity index (χ1v) is 12.5. The Labute approximate surface area is 223 Å². The molecule has 2 N–H and O–H groups in total. The molecular weight excluding hydrogens is 510 g/mol. The van der Waals surface area contributed by atoms with Gasteiger partial charge in [0.15, 0.2) is 0 Å². The van der Waals surface area contributed by atoms with Gasteiger partial charge in [-0.1, -0.05) is 35.5 Å². The van der Waals surface area contributed by atoms with Gasteiger partial charge in [-0.2, -0.15) is 10.5 Å². The van der Waals surface area contributed by atoms with E-state index in [1.165, 1.54) is 11.8 Å². The Bertz CT molecular complexity index is 1470. The van der Waals surface area contributed by atoms with Crippen LogP contribution in [0.3, 0.4) is 0 Å². The van der Waals surface area contributed by atoms with E-state index >= 15 is 0 Å². The molecule has 3 heterocycles. The fraction of sp³-hybridized carbons (Fsp3) is 0.148. The second-order valence-corrected chi connectivity index (χ2v) is 9.13. The molecule has 1 aliphatic rings. The van der Waals surface area contributed by atoms with E-state index < -0.39 is 11.9 Å². The number of nitrogens with two attached hydrogens (primary N) is 1. The lowest BCUT2D eigenvalue weighted by molar-refractivity contribution is -0.139. The van der Waals surface area contributed by atoms with E-state index in [0.717, 1.165) is 5.56 Å². The van der Waals surface area contributed by atoms with Crippen molar-refractivity contribution >= 4 is 29.3 Å². The van der Waals surface area contributed by atoms with Crippen LogP contribution in [0, 0.1) is 22.7 Å². The van der Waals surface area contributed by atoms with E-state index in [0.29, 0.717) is 26.9 Å². The number of hydrogen-bond acceptors (Lipinski definition) is 9. The number of thioether (sulfide) groups is 1. The summed E-state index contributed by atoms with van der Waals surface area (Å²) >= 11 is 7.27. The van der Waals surface area contributed by atoms with Crippen molar-refractivity contribution in [3.05, 3.63) is 99.9 Å². The monoisotopic (exact) mass is 529 g/mol. The maximum absolute atomic E-state index is 13.2. The number of benzene rings is 1. The Balaban J connectivity index is 1.76. The number of carbonyl (C=O) groups is 1. The molecule has 8 nitrogen and oxygen atoms in total. The third-order valence-corrected chi connectivity index (χ3v) is 6.72. The number of hydrogen-bond donors (Lipinski definition) is 1. The number of ether oxygens (including phenoxy) is 2. The molecule has 4 rings (SSSR count). The van der Waals surface area contributed by atoms with Crippen molar-refractivity contribution in [2.24, 2.45) is 5.73 Å². The second-order valence-electron chi connectivity index (χ2n) is 7.73. The van der Waals surface area contributed by atoms with Crippen LogP contribution in [0.25, 0.3) is 11.3 Å². The molecule has 0 bridgehead atoms. The topological polar surface area (TPSA) is 135 Å². The minimum atomic E-state index is -0.809. The number of nitriles is 2. The van der Waals surface area contributed by atoms with Gasteiger partial charge in [0.05, 0.1) is 35.1 Å². The molecule has 0 radical (unpaired) electrons. The fourth-order valence-corrected chi connectivity index (χ4v) is 4.83. The molecule has 0 spiro atoms. The predicted molar refractivity (Wildman–Crippen MR) is 139 cm³/mol. The quantitative estimate of drug-likeness (QED) is 0.328. The van der Waals surface area contributed by atoms with Gasteiger partial charge in [-0.25, -0.2) is 9.78 Å². The summed E-state index contributed by atoms with van der Waals surface area (Å²) in [7, 11) is 0. The molecule has 3 aromatic rings. The van der Waals surface area contributed by atoms with Gasteiger partial charge in [0.25, 0.3) is 0 Å². The van der Waals surface area contributed by atoms with Crippen LogP contribution in [-0.2, 0) is 14.3 Å². The van der Waals surface area contributed by atoms with E-state index in [-0.39, 0.29) is 35.1 Å². The van der Waals surface area contributed by atoms with Gasteiger partial charge in [-0.3, -0.25) is 4.98 Å². The first-order chi connectivity index (χ1) is 18.0. The number of halogens is 1. The zero-order valence-corrected chi connectivity index (χ0v) is 21.2. The third kappa shape index (κ3) is 5.59. The molecule has 2 aromatic heterocycles. The summed E-state index contributed by atoms with van der Waals surface area (Å²) in [5, 5.41) is 20.4. The molecule has 1 aromatic carbocycles. The Hall–Kier alpha value is -4.31. The van der Waals surface area contributed by atoms with Crippen LogP contribution in [0.15, 0.2) is 88.7 Å². The van der Waals surface area contributed by atoms with Gasteiger partial charge in [0.2, 0.25) is 5.88 Å². The molecule has 0 saturated heterocycles. The van der Waals surface area contributed by atoms with Crippen molar-refractivity contribution < 1.29 is 14.3 Å². The van der Waals surface area contributed by atoms with E-state index in [1.54, 1.807) is 61.8 Å². The summed E-state index contributed by atoms with van der Waals surface area (Å²) in [4.78, 5) is 21.9. The summed E-state index contributed by atoms with van der Waals surface area (Å²) in [5.74, 6) is -1.22. The maximum atomic E-state index is 13.2. The van der Waals surface area contributed by atoms with Crippen molar-refractivity contribution in [3.63, 3.8) is 0 Å². The number of aromatic nitrogens is 2. The SMILES string of the molecule is CCOC(=O)C1=C(CSc2nc(-c3cccnc3)ccc2C#N)OC(N)=C(C#N)C1c1ccc(Cl)cc1. The summed E-state index contributed by atoms with van der Waals surface area (Å²) in [6.45, 7) is 1.82. The van der Waals surface area contributed by atoms with Gasteiger partial charge in [0.1, 0.15) is 28.5 Å². The molecule has 37 heavy (non-hydrogen) atoms. The minimum Gasteiger partial charge on any atom is -0.463 e. The standard InChI is InChI=1S/C27H20ClN5O3S/c1-2-35-27(34)24-22(36-25(31)20(13-30)23(24)16-5-8-19(28)9-6-16)15-37-26-17(12-29)7-10-21(33-26)18-4-3-11-32-14-18/h3-11,14,23H,2,15,31H2,1H3. The Morgan fingerprint density at radius 2 is 1.97 bits per heavy atom. The fourth-order valence-electron chi connectivity index (χ4n) is 3.79. The number of pyridine rings is 2. The zero-order valence-electron chi connectivity index (χ0n) is 19.6. The molecular formula is C27H20ClN5O3S. The third-order valence-electron chi connectivity index (χ3n) is 5.47. The van der Waals surface area contributed by atoms with E-state index in [4.69, 9.17) is 26.8 Å². The minimum absolute atomic E-state index is 0.0912. The van der Waals surface area contributed by atoms with Gasteiger partial charge in [0, 0.05) is 23.0 Å². The van der Waals surface area contributed by atoms with E-state index in [1.807, 2.05) is 6.07 Å².